The summed E-state index contributed by atoms with van der Waals surface area (Å²) in [5.41, 5.74) is 7.45. The van der Waals surface area contributed by atoms with Crippen molar-refractivity contribution in [3.05, 3.63) is 63.6 Å². The number of hydrogen-bond acceptors (Lipinski definition) is 2. The number of halogens is 2. The van der Waals surface area contributed by atoms with Gasteiger partial charge in [0.05, 0.1) is 10.7 Å². The molecular formula is C14H12Cl2N2O. The summed E-state index contributed by atoms with van der Waals surface area (Å²) in [6.07, 6.45) is 0. The van der Waals surface area contributed by atoms with E-state index in [1.54, 1.807) is 30.3 Å². The molecule has 3 N–H and O–H groups in total. The molecule has 0 radical (unpaired) electrons. The van der Waals surface area contributed by atoms with E-state index in [-0.39, 0.29) is 5.91 Å². The van der Waals surface area contributed by atoms with E-state index in [2.05, 4.69) is 5.32 Å². The van der Waals surface area contributed by atoms with E-state index >= 15 is 0 Å². The zero-order chi connectivity index (χ0) is 13.8. The second kappa shape index (κ2) is 5.95. The highest BCUT2D eigenvalue weighted by Crippen LogP contribution is 2.19. The standard InChI is InChI=1S/C14H12Cl2N2O/c15-11-3-1-2-9(6-11)8-18-14(19)10-4-5-12(16)13(17)7-10/h1-7H,8,17H2,(H,18,19). The van der Waals surface area contributed by atoms with Crippen LogP contribution in [0, 0.1) is 0 Å². The van der Waals surface area contributed by atoms with E-state index in [1.807, 2.05) is 12.1 Å². The van der Waals surface area contributed by atoms with Gasteiger partial charge in [-0.1, -0.05) is 35.3 Å². The summed E-state index contributed by atoms with van der Waals surface area (Å²) in [4.78, 5) is 11.9. The summed E-state index contributed by atoms with van der Waals surface area (Å²) in [5, 5.41) is 3.87. The zero-order valence-electron chi connectivity index (χ0n) is 9.99. The molecule has 0 fully saturated rings. The lowest BCUT2D eigenvalue weighted by atomic mass is 10.1. The molecule has 0 heterocycles. The Hall–Kier alpha value is -1.71. The third-order valence-electron chi connectivity index (χ3n) is 2.60. The Morgan fingerprint density at radius 3 is 2.63 bits per heavy atom. The van der Waals surface area contributed by atoms with Crippen molar-refractivity contribution in [1.82, 2.24) is 5.32 Å². The van der Waals surface area contributed by atoms with Crippen LogP contribution in [0.2, 0.25) is 10.0 Å². The number of amides is 1. The van der Waals surface area contributed by atoms with Crippen LogP contribution >= 0.6 is 23.2 Å². The Balaban J connectivity index is 2.03. The van der Waals surface area contributed by atoms with E-state index < -0.39 is 0 Å². The average Bonchev–Trinajstić information content (AvgIpc) is 2.39. The number of rotatable bonds is 3. The summed E-state index contributed by atoms with van der Waals surface area (Å²) in [7, 11) is 0. The van der Waals surface area contributed by atoms with Crippen molar-refractivity contribution in [2.45, 2.75) is 6.54 Å². The molecule has 0 saturated heterocycles. The number of anilines is 1. The van der Waals surface area contributed by atoms with Crippen LogP contribution in [0.5, 0.6) is 0 Å². The fraction of sp³-hybridized carbons (Fsp3) is 0.0714. The first-order valence-electron chi connectivity index (χ1n) is 5.64. The lowest BCUT2D eigenvalue weighted by molar-refractivity contribution is 0.0951. The van der Waals surface area contributed by atoms with E-state index in [9.17, 15) is 4.79 Å². The second-order valence-corrected chi connectivity index (χ2v) is 4.89. The van der Waals surface area contributed by atoms with E-state index in [4.69, 9.17) is 28.9 Å². The van der Waals surface area contributed by atoms with Gasteiger partial charge in [-0.2, -0.15) is 0 Å². The minimum Gasteiger partial charge on any atom is -0.398 e. The predicted molar refractivity (Wildman–Crippen MR) is 78.5 cm³/mol. The molecule has 0 aliphatic heterocycles. The Morgan fingerprint density at radius 2 is 1.95 bits per heavy atom. The van der Waals surface area contributed by atoms with E-state index in [0.29, 0.717) is 27.8 Å². The van der Waals surface area contributed by atoms with Gasteiger partial charge in [0.25, 0.3) is 5.91 Å². The Labute approximate surface area is 121 Å². The molecule has 2 rings (SSSR count). The van der Waals surface area contributed by atoms with Crippen molar-refractivity contribution >= 4 is 34.8 Å². The molecule has 19 heavy (non-hydrogen) atoms. The number of hydrogen-bond donors (Lipinski definition) is 2. The molecule has 2 aromatic carbocycles. The zero-order valence-corrected chi connectivity index (χ0v) is 11.5. The highest BCUT2D eigenvalue weighted by molar-refractivity contribution is 6.33. The molecule has 0 spiro atoms. The van der Waals surface area contributed by atoms with Crippen LogP contribution in [0.25, 0.3) is 0 Å². The quantitative estimate of drug-likeness (QED) is 0.851. The molecule has 5 heteroatoms. The summed E-state index contributed by atoms with van der Waals surface area (Å²) in [6.45, 7) is 0.405. The first-order chi connectivity index (χ1) is 9.06. The molecule has 2 aromatic rings. The Morgan fingerprint density at radius 1 is 1.16 bits per heavy atom. The van der Waals surface area contributed by atoms with Crippen LogP contribution in [-0.4, -0.2) is 5.91 Å². The first kappa shape index (κ1) is 13.7. The minimum atomic E-state index is -0.205. The predicted octanol–water partition coefficient (Wildman–Crippen LogP) is 3.51. The number of carbonyl (C=O) groups is 1. The molecule has 0 bridgehead atoms. The normalized spacial score (nSPS) is 10.2. The van der Waals surface area contributed by atoms with Gasteiger partial charge in [0.1, 0.15) is 0 Å². The van der Waals surface area contributed by atoms with Gasteiger partial charge in [0, 0.05) is 17.1 Å². The van der Waals surface area contributed by atoms with Crippen molar-refractivity contribution in [3.8, 4) is 0 Å². The van der Waals surface area contributed by atoms with E-state index in [1.165, 1.54) is 0 Å². The Kier molecular flexibility index (Phi) is 4.30. The number of nitrogens with two attached hydrogens (primary N) is 1. The largest absolute Gasteiger partial charge is 0.398 e. The topological polar surface area (TPSA) is 55.1 Å². The highest BCUT2D eigenvalue weighted by atomic mass is 35.5. The minimum absolute atomic E-state index is 0.205. The maximum atomic E-state index is 11.9. The fourth-order valence-corrected chi connectivity index (χ4v) is 1.95. The van der Waals surface area contributed by atoms with Gasteiger partial charge in [0.15, 0.2) is 0 Å². The van der Waals surface area contributed by atoms with Crippen molar-refractivity contribution < 1.29 is 4.79 Å². The molecule has 0 saturated carbocycles. The molecule has 0 aromatic heterocycles. The van der Waals surface area contributed by atoms with Gasteiger partial charge in [-0.25, -0.2) is 0 Å². The third-order valence-corrected chi connectivity index (χ3v) is 3.18. The molecule has 1 amide bonds. The molecule has 0 aliphatic carbocycles. The van der Waals surface area contributed by atoms with Gasteiger partial charge < -0.3 is 11.1 Å². The number of nitrogens with one attached hydrogen (secondary N) is 1. The molecule has 0 aliphatic rings. The van der Waals surface area contributed by atoms with Crippen LogP contribution < -0.4 is 11.1 Å². The maximum Gasteiger partial charge on any atom is 0.251 e. The third kappa shape index (κ3) is 3.63. The average molecular weight is 295 g/mol. The van der Waals surface area contributed by atoms with Crippen LogP contribution in [0.3, 0.4) is 0 Å². The second-order valence-electron chi connectivity index (χ2n) is 4.05. The van der Waals surface area contributed by atoms with Crippen molar-refractivity contribution in [2.75, 3.05) is 5.73 Å². The summed E-state index contributed by atoms with van der Waals surface area (Å²) < 4.78 is 0. The van der Waals surface area contributed by atoms with Gasteiger partial charge in [-0.05, 0) is 35.9 Å². The first-order valence-corrected chi connectivity index (χ1v) is 6.39. The molecule has 0 unspecified atom stereocenters. The molecule has 98 valence electrons. The van der Waals surface area contributed by atoms with Crippen LogP contribution in [-0.2, 0) is 6.54 Å². The SMILES string of the molecule is Nc1cc(C(=O)NCc2cccc(Cl)c2)ccc1Cl. The monoisotopic (exact) mass is 294 g/mol. The summed E-state index contributed by atoms with van der Waals surface area (Å²) in [5.74, 6) is -0.205. The number of benzene rings is 2. The van der Waals surface area contributed by atoms with Crippen molar-refractivity contribution in [1.29, 1.82) is 0 Å². The van der Waals surface area contributed by atoms with Crippen molar-refractivity contribution in [2.24, 2.45) is 0 Å². The lowest BCUT2D eigenvalue weighted by Crippen LogP contribution is -2.22. The van der Waals surface area contributed by atoms with Crippen molar-refractivity contribution in [3.63, 3.8) is 0 Å². The summed E-state index contributed by atoms with van der Waals surface area (Å²) >= 11 is 11.7. The van der Waals surface area contributed by atoms with Crippen LogP contribution in [0.15, 0.2) is 42.5 Å². The summed E-state index contributed by atoms with van der Waals surface area (Å²) in [6, 6.07) is 12.1. The van der Waals surface area contributed by atoms with Gasteiger partial charge >= 0.3 is 0 Å². The Bertz CT molecular complexity index is 614. The molecule has 3 nitrogen and oxygen atoms in total. The highest BCUT2D eigenvalue weighted by Gasteiger charge is 2.07. The fourth-order valence-electron chi connectivity index (χ4n) is 1.62. The maximum absolute atomic E-state index is 11.9. The van der Waals surface area contributed by atoms with Gasteiger partial charge in [-0.15, -0.1) is 0 Å². The number of nitrogen functional groups attached to an aromatic ring is 1. The molecule has 0 atom stereocenters. The van der Waals surface area contributed by atoms with Gasteiger partial charge in [0.2, 0.25) is 0 Å². The van der Waals surface area contributed by atoms with Crippen LogP contribution in [0.4, 0.5) is 5.69 Å². The number of carbonyl (C=O) groups excluding carboxylic acids is 1. The van der Waals surface area contributed by atoms with Crippen LogP contribution in [0.1, 0.15) is 15.9 Å². The van der Waals surface area contributed by atoms with E-state index in [0.717, 1.165) is 5.56 Å². The smallest absolute Gasteiger partial charge is 0.251 e. The van der Waals surface area contributed by atoms with Gasteiger partial charge in [-0.3, -0.25) is 4.79 Å². The molecular weight excluding hydrogens is 283 g/mol. The lowest BCUT2D eigenvalue weighted by Gasteiger charge is -2.07.